The molecule has 0 amide bonds. The summed E-state index contributed by atoms with van der Waals surface area (Å²) in [5, 5.41) is 3.57. The number of halogens is 1. The summed E-state index contributed by atoms with van der Waals surface area (Å²) in [6.07, 6.45) is 0.624. The van der Waals surface area contributed by atoms with Crippen LogP contribution in [0.1, 0.15) is 34.5 Å². The van der Waals surface area contributed by atoms with Crippen LogP contribution in [-0.2, 0) is 6.42 Å². The maximum absolute atomic E-state index is 14.7. The summed E-state index contributed by atoms with van der Waals surface area (Å²) in [6.45, 7) is 0.813. The first-order valence-corrected chi connectivity index (χ1v) is 9.81. The molecule has 0 saturated heterocycles. The molecular formula is C24H23FN2O2. The van der Waals surface area contributed by atoms with Crippen LogP contribution in [0.2, 0.25) is 0 Å². The van der Waals surface area contributed by atoms with Crippen LogP contribution in [0.3, 0.4) is 0 Å². The molecular weight excluding hydrogens is 367 g/mol. The smallest absolute Gasteiger partial charge is 0.161 e. The van der Waals surface area contributed by atoms with Gasteiger partial charge in [-0.2, -0.15) is 0 Å². The van der Waals surface area contributed by atoms with E-state index in [0.717, 1.165) is 24.4 Å². The van der Waals surface area contributed by atoms with Gasteiger partial charge in [-0.25, -0.2) is 4.39 Å². The van der Waals surface area contributed by atoms with Gasteiger partial charge in [0.05, 0.1) is 20.3 Å². The van der Waals surface area contributed by atoms with Crippen molar-refractivity contribution < 1.29 is 13.9 Å². The van der Waals surface area contributed by atoms with E-state index in [0.29, 0.717) is 11.3 Å². The molecule has 0 radical (unpaired) electrons. The maximum atomic E-state index is 14.7. The first-order valence-electron chi connectivity index (χ1n) is 9.81. The molecule has 0 aliphatic carbocycles. The lowest BCUT2D eigenvalue weighted by atomic mass is 9.84. The predicted octanol–water partition coefficient (Wildman–Crippen LogP) is 4.91. The Bertz CT molecular complexity index is 1070. The lowest BCUT2D eigenvalue weighted by Gasteiger charge is -2.47. The van der Waals surface area contributed by atoms with E-state index in [1.54, 1.807) is 20.3 Å². The number of hydrogen-bond donors (Lipinski definition) is 1. The average Bonchev–Trinajstić information content (AvgIpc) is 2.77. The summed E-state index contributed by atoms with van der Waals surface area (Å²) in [5.41, 5.74) is 5.31. The van der Waals surface area contributed by atoms with E-state index in [4.69, 9.17) is 9.47 Å². The Hall–Kier alpha value is -3.05. The van der Waals surface area contributed by atoms with Gasteiger partial charge in [-0.1, -0.05) is 36.4 Å². The van der Waals surface area contributed by atoms with E-state index >= 15 is 0 Å². The first kappa shape index (κ1) is 18.0. The molecule has 0 saturated carbocycles. The van der Waals surface area contributed by atoms with Crippen molar-refractivity contribution in [3.63, 3.8) is 0 Å². The number of nitrogens with one attached hydrogen (secondary N) is 1. The number of rotatable bonds is 3. The van der Waals surface area contributed by atoms with Gasteiger partial charge in [-0.3, -0.25) is 4.90 Å². The second kappa shape index (κ2) is 7.08. The van der Waals surface area contributed by atoms with Crippen LogP contribution >= 0.6 is 0 Å². The fourth-order valence-corrected chi connectivity index (χ4v) is 4.64. The Morgan fingerprint density at radius 2 is 1.59 bits per heavy atom. The number of para-hydroxylation sites is 1. The van der Waals surface area contributed by atoms with Crippen molar-refractivity contribution in [1.82, 2.24) is 4.90 Å². The molecule has 2 heterocycles. The molecule has 2 atom stereocenters. The molecule has 29 heavy (non-hydrogen) atoms. The zero-order chi connectivity index (χ0) is 20.0. The van der Waals surface area contributed by atoms with Crippen molar-refractivity contribution >= 4 is 5.69 Å². The molecule has 2 aliphatic rings. The van der Waals surface area contributed by atoms with Gasteiger partial charge in [0, 0.05) is 17.8 Å². The monoisotopic (exact) mass is 390 g/mol. The van der Waals surface area contributed by atoms with Crippen molar-refractivity contribution in [2.75, 3.05) is 26.1 Å². The molecule has 0 aromatic heterocycles. The molecule has 3 aromatic carbocycles. The fraction of sp³-hybridized carbons (Fsp3) is 0.250. The molecule has 5 heteroatoms. The standard InChI is InChI=1S/C24H23FN2O2/c1-28-21-13-15-11-12-27-23(18(15)14-22(21)29-2)17-8-4-6-10-20(17)26-24(27)16-7-3-5-9-19(16)25/h3-10,13-14,23-24,26H,11-12H2,1-2H3. The highest BCUT2D eigenvalue weighted by molar-refractivity contribution is 5.61. The first-order chi connectivity index (χ1) is 14.2. The van der Waals surface area contributed by atoms with Gasteiger partial charge in [-0.15, -0.1) is 0 Å². The number of nitrogens with zero attached hydrogens (tertiary/aromatic N) is 1. The minimum Gasteiger partial charge on any atom is -0.493 e. The van der Waals surface area contributed by atoms with E-state index < -0.39 is 0 Å². The van der Waals surface area contributed by atoms with Crippen molar-refractivity contribution in [2.24, 2.45) is 0 Å². The predicted molar refractivity (Wildman–Crippen MR) is 111 cm³/mol. The second-order valence-corrected chi connectivity index (χ2v) is 7.45. The Morgan fingerprint density at radius 3 is 2.34 bits per heavy atom. The summed E-state index contributed by atoms with van der Waals surface area (Å²) in [7, 11) is 3.32. The molecule has 4 nitrogen and oxygen atoms in total. The summed E-state index contributed by atoms with van der Waals surface area (Å²) in [5.74, 6) is 1.26. The van der Waals surface area contributed by atoms with Gasteiger partial charge in [0.2, 0.25) is 0 Å². The summed E-state index contributed by atoms with van der Waals surface area (Å²) < 4.78 is 25.8. The van der Waals surface area contributed by atoms with Gasteiger partial charge >= 0.3 is 0 Å². The number of fused-ring (bicyclic) bond motifs is 5. The Kier molecular flexibility index (Phi) is 4.40. The van der Waals surface area contributed by atoms with E-state index in [1.807, 2.05) is 18.2 Å². The quantitative estimate of drug-likeness (QED) is 0.689. The van der Waals surface area contributed by atoms with E-state index in [1.165, 1.54) is 22.8 Å². The van der Waals surface area contributed by atoms with Crippen LogP contribution < -0.4 is 14.8 Å². The van der Waals surface area contributed by atoms with Gasteiger partial charge in [-0.05, 0) is 47.4 Å². The van der Waals surface area contributed by atoms with Crippen LogP contribution in [-0.4, -0.2) is 25.7 Å². The van der Waals surface area contributed by atoms with Crippen LogP contribution in [0.15, 0.2) is 60.7 Å². The third kappa shape index (κ3) is 2.85. The summed E-state index contributed by atoms with van der Waals surface area (Å²) in [4.78, 5) is 2.34. The Balaban J connectivity index is 1.70. The van der Waals surface area contributed by atoms with E-state index in [-0.39, 0.29) is 18.0 Å². The van der Waals surface area contributed by atoms with Crippen LogP contribution in [0.25, 0.3) is 0 Å². The average molecular weight is 390 g/mol. The minimum atomic E-state index is -0.239. The van der Waals surface area contributed by atoms with Crippen LogP contribution in [0, 0.1) is 5.82 Å². The van der Waals surface area contributed by atoms with Crippen LogP contribution in [0.5, 0.6) is 11.5 Å². The van der Waals surface area contributed by atoms with Gasteiger partial charge in [0.15, 0.2) is 11.5 Å². The Morgan fingerprint density at radius 1 is 0.897 bits per heavy atom. The molecule has 2 aliphatic heterocycles. The molecule has 1 N–H and O–H groups in total. The summed E-state index contributed by atoms with van der Waals surface area (Å²) in [6, 6.07) is 19.5. The number of benzene rings is 3. The SMILES string of the molecule is COc1cc2c(cc1OC)C1c3ccccc3NC(c3ccccc3F)N1CC2. The maximum Gasteiger partial charge on any atom is 0.161 e. The second-order valence-electron chi connectivity index (χ2n) is 7.45. The lowest BCUT2D eigenvalue weighted by Crippen LogP contribution is -2.45. The van der Waals surface area contributed by atoms with Gasteiger partial charge in [0.25, 0.3) is 0 Å². The highest BCUT2D eigenvalue weighted by Crippen LogP contribution is 2.49. The number of ether oxygens (including phenoxy) is 2. The molecule has 0 bridgehead atoms. The molecule has 0 spiro atoms. The minimum absolute atomic E-state index is 0.0145. The zero-order valence-corrected chi connectivity index (χ0v) is 16.5. The van der Waals surface area contributed by atoms with Crippen molar-refractivity contribution in [2.45, 2.75) is 18.6 Å². The molecule has 2 unspecified atom stereocenters. The highest BCUT2D eigenvalue weighted by Gasteiger charge is 2.40. The normalized spacial score (nSPS) is 20.1. The third-order valence-corrected chi connectivity index (χ3v) is 5.99. The van der Waals surface area contributed by atoms with Gasteiger partial charge in [0.1, 0.15) is 12.0 Å². The van der Waals surface area contributed by atoms with Crippen molar-refractivity contribution in [3.8, 4) is 11.5 Å². The lowest BCUT2D eigenvalue weighted by molar-refractivity contribution is 0.150. The zero-order valence-electron chi connectivity index (χ0n) is 16.5. The van der Waals surface area contributed by atoms with Crippen LogP contribution in [0.4, 0.5) is 10.1 Å². The molecule has 0 fully saturated rings. The largest absolute Gasteiger partial charge is 0.493 e. The molecule has 148 valence electrons. The number of anilines is 1. The fourth-order valence-electron chi connectivity index (χ4n) is 4.64. The topological polar surface area (TPSA) is 33.7 Å². The van der Waals surface area contributed by atoms with Gasteiger partial charge < -0.3 is 14.8 Å². The van der Waals surface area contributed by atoms with Crippen molar-refractivity contribution in [1.29, 1.82) is 0 Å². The number of methoxy groups -OCH3 is 2. The number of hydrogen-bond acceptors (Lipinski definition) is 4. The molecule has 3 aromatic rings. The molecule has 5 rings (SSSR count). The highest BCUT2D eigenvalue weighted by atomic mass is 19.1. The van der Waals surface area contributed by atoms with E-state index in [2.05, 4.69) is 40.5 Å². The van der Waals surface area contributed by atoms with E-state index in [9.17, 15) is 4.39 Å². The third-order valence-electron chi connectivity index (χ3n) is 5.99. The van der Waals surface area contributed by atoms with Crippen molar-refractivity contribution in [3.05, 3.63) is 88.7 Å². The Labute approximate surface area is 169 Å². The summed E-state index contributed by atoms with van der Waals surface area (Å²) >= 11 is 0.